The summed E-state index contributed by atoms with van der Waals surface area (Å²) in [5.41, 5.74) is 1.69. The van der Waals surface area contributed by atoms with Crippen molar-refractivity contribution in [3.8, 4) is 5.75 Å². The van der Waals surface area contributed by atoms with E-state index >= 15 is 0 Å². The van der Waals surface area contributed by atoms with Crippen LogP contribution >= 0.6 is 23.2 Å². The molecule has 0 aliphatic carbocycles. The molecule has 1 amide bonds. The molecule has 9 heteroatoms. The van der Waals surface area contributed by atoms with Gasteiger partial charge in [-0.15, -0.1) is 0 Å². The number of rotatable bonds is 7. The van der Waals surface area contributed by atoms with Crippen molar-refractivity contribution in [3.63, 3.8) is 0 Å². The lowest BCUT2D eigenvalue weighted by atomic mass is 10.1. The minimum Gasteiger partial charge on any atom is -0.494 e. The SMILES string of the molecule is CCOc1ccc(NS(=O)(=O)c2ccc(Cl)c(C(=O)Nc3cc(Cl)ccc3C)c2)cc1. The van der Waals surface area contributed by atoms with Crippen molar-refractivity contribution in [1.82, 2.24) is 0 Å². The molecule has 0 radical (unpaired) electrons. The van der Waals surface area contributed by atoms with Crippen LogP contribution in [0.15, 0.2) is 65.6 Å². The number of carbonyl (C=O) groups is 1. The van der Waals surface area contributed by atoms with Crippen molar-refractivity contribution in [2.45, 2.75) is 18.7 Å². The first-order valence-corrected chi connectivity index (χ1v) is 11.6. The van der Waals surface area contributed by atoms with E-state index in [0.717, 1.165) is 5.56 Å². The standard InChI is InChI=1S/C22H20Cl2N2O4S/c1-3-30-17-8-6-16(7-9-17)26-31(28,29)18-10-11-20(24)19(13-18)22(27)25-21-12-15(23)5-4-14(21)2/h4-13,26H,3H2,1-2H3,(H,25,27). The molecule has 3 aromatic carbocycles. The molecule has 0 spiro atoms. The Labute approximate surface area is 191 Å². The Morgan fingerprint density at radius 1 is 1.00 bits per heavy atom. The zero-order chi connectivity index (χ0) is 22.6. The van der Waals surface area contributed by atoms with Gasteiger partial charge in [-0.05, 0) is 74.0 Å². The van der Waals surface area contributed by atoms with Gasteiger partial charge in [-0.25, -0.2) is 8.42 Å². The summed E-state index contributed by atoms with van der Waals surface area (Å²) in [6.07, 6.45) is 0. The van der Waals surface area contributed by atoms with Gasteiger partial charge in [0.25, 0.3) is 15.9 Å². The second-order valence-electron chi connectivity index (χ2n) is 6.62. The van der Waals surface area contributed by atoms with Gasteiger partial charge in [0.1, 0.15) is 5.75 Å². The van der Waals surface area contributed by atoms with Gasteiger partial charge in [-0.2, -0.15) is 0 Å². The molecule has 162 valence electrons. The zero-order valence-corrected chi connectivity index (χ0v) is 19.1. The number of nitrogens with one attached hydrogen (secondary N) is 2. The highest BCUT2D eigenvalue weighted by molar-refractivity contribution is 7.92. The number of halogens is 2. The fraction of sp³-hybridized carbons (Fsp3) is 0.136. The Morgan fingerprint density at radius 2 is 1.71 bits per heavy atom. The third-order valence-corrected chi connectivity index (χ3v) is 6.30. The highest BCUT2D eigenvalue weighted by atomic mass is 35.5. The van der Waals surface area contributed by atoms with Gasteiger partial charge in [0, 0.05) is 16.4 Å². The summed E-state index contributed by atoms with van der Waals surface area (Å²) in [5.74, 6) is 0.0840. The van der Waals surface area contributed by atoms with E-state index < -0.39 is 15.9 Å². The van der Waals surface area contributed by atoms with Gasteiger partial charge in [0.15, 0.2) is 0 Å². The molecule has 3 aromatic rings. The van der Waals surface area contributed by atoms with E-state index in [1.807, 2.05) is 13.8 Å². The molecular weight excluding hydrogens is 459 g/mol. The van der Waals surface area contributed by atoms with E-state index in [2.05, 4.69) is 10.0 Å². The number of benzene rings is 3. The molecule has 0 bridgehead atoms. The summed E-state index contributed by atoms with van der Waals surface area (Å²) in [6.45, 7) is 4.18. The van der Waals surface area contributed by atoms with Crippen molar-refractivity contribution >= 4 is 50.5 Å². The molecule has 3 rings (SSSR count). The minimum absolute atomic E-state index is 0.0237. The van der Waals surface area contributed by atoms with Gasteiger partial charge in [0.05, 0.1) is 22.1 Å². The van der Waals surface area contributed by atoms with Crippen LogP contribution < -0.4 is 14.8 Å². The molecule has 0 aliphatic rings. The number of anilines is 2. The molecule has 2 N–H and O–H groups in total. The fourth-order valence-electron chi connectivity index (χ4n) is 2.76. The predicted octanol–water partition coefficient (Wildman–Crippen LogP) is 5.75. The molecule has 0 unspecified atom stereocenters. The number of amides is 1. The molecule has 0 saturated carbocycles. The molecule has 0 saturated heterocycles. The van der Waals surface area contributed by atoms with Crippen LogP contribution in [0.3, 0.4) is 0 Å². The number of hydrogen-bond acceptors (Lipinski definition) is 4. The van der Waals surface area contributed by atoms with Crippen molar-refractivity contribution in [2.75, 3.05) is 16.6 Å². The minimum atomic E-state index is -3.95. The van der Waals surface area contributed by atoms with Gasteiger partial charge in [-0.1, -0.05) is 29.3 Å². The lowest BCUT2D eigenvalue weighted by Crippen LogP contribution is -2.17. The van der Waals surface area contributed by atoms with E-state index in [4.69, 9.17) is 27.9 Å². The second-order valence-corrected chi connectivity index (χ2v) is 9.14. The average molecular weight is 479 g/mol. The predicted molar refractivity (Wildman–Crippen MR) is 124 cm³/mol. The summed E-state index contributed by atoms with van der Waals surface area (Å²) in [6, 6.07) is 15.5. The third kappa shape index (κ3) is 5.70. The van der Waals surface area contributed by atoms with Crippen LogP contribution in [-0.4, -0.2) is 20.9 Å². The van der Waals surface area contributed by atoms with Crippen LogP contribution in [0.25, 0.3) is 0 Å². The Balaban J connectivity index is 1.85. The lowest BCUT2D eigenvalue weighted by Gasteiger charge is -2.13. The zero-order valence-electron chi connectivity index (χ0n) is 16.8. The van der Waals surface area contributed by atoms with Gasteiger partial charge in [0.2, 0.25) is 0 Å². The van der Waals surface area contributed by atoms with Crippen LogP contribution in [0, 0.1) is 6.92 Å². The van der Waals surface area contributed by atoms with Gasteiger partial charge in [-0.3, -0.25) is 9.52 Å². The van der Waals surface area contributed by atoms with Crippen LogP contribution in [0.4, 0.5) is 11.4 Å². The molecule has 0 fully saturated rings. The number of sulfonamides is 1. The van der Waals surface area contributed by atoms with Crippen molar-refractivity contribution in [1.29, 1.82) is 0 Å². The van der Waals surface area contributed by atoms with Crippen LogP contribution in [0.5, 0.6) is 5.75 Å². The summed E-state index contributed by atoms with van der Waals surface area (Å²) >= 11 is 12.2. The van der Waals surface area contributed by atoms with E-state index in [1.54, 1.807) is 42.5 Å². The molecule has 0 aromatic heterocycles. The Bertz CT molecular complexity index is 1210. The van der Waals surface area contributed by atoms with Crippen molar-refractivity contribution in [2.24, 2.45) is 0 Å². The van der Waals surface area contributed by atoms with Crippen LogP contribution in [0.2, 0.25) is 10.0 Å². The average Bonchev–Trinajstić information content (AvgIpc) is 2.72. The smallest absolute Gasteiger partial charge is 0.261 e. The molecule has 31 heavy (non-hydrogen) atoms. The molecule has 6 nitrogen and oxygen atoms in total. The maximum atomic E-state index is 12.8. The first kappa shape index (κ1) is 22.9. The van der Waals surface area contributed by atoms with E-state index in [9.17, 15) is 13.2 Å². The Kier molecular flexibility index (Phi) is 7.10. The number of ether oxygens (including phenoxy) is 1. The highest BCUT2D eigenvalue weighted by Gasteiger charge is 2.19. The third-order valence-electron chi connectivity index (χ3n) is 4.36. The maximum Gasteiger partial charge on any atom is 0.261 e. The number of carbonyl (C=O) groups excluding carboxylic acids is 1. The van der Waals surface area contributed by atoms with E-state index in [-0.39, 0.29) is 15.5 Å². The molecule has 0 heterocycles. The summed E-state index contributed by atoms with van der Waals surface area (Å²) in [7, 11) is -3.95. The maximum absolute atomic E-state index is 12.8. The van der Waals surface area contributed by atoms with Crippen LogP contribution in [-0.2, 0) is 10.0 Å². The summed E-state index contributed by atoms with van der Waals surface area (Å²) < 4.78 is 33.5. The number of hydrogen-bond donors (Lipinski definition) is 2. The first-order chi connectivity index (χ1) is 14.7. The summed E-state index contributed by atoms with van der Waals surface area (Å²) in [5, 5.41) is 3.30. The van der Waals surface area contributed by atoms with E-state index in [0.29, 0.717) is 28.8 Å². The molecule has 0 atom stereocenters. The number of aryl methyl sites for hydroxylation is 1. The van der Waals surface area contributed by atoms with Crippen molar-refractivity contribution < 1.29 is 17.9 Å². The normalized spacial score (nSPS) is 11.1. The van der Waals surface area contributed by atoms with Gasteiger partial charge >= 0.3 is 0 Å². The summed E-state index contributed by atoms with van der Waals surface area (Å²) in [4.78, 5) is 12.7. The topological polar surface area (TPSA) is 84.5 Å². The monoisotopic (exact) mass is 478 g/mol. The quantitative estimate of drug-likeness (QED) is 0.452. The lowest BCUT2D eigenvalue weighted by molar-refractivity contribution is 0.102. The Hall–Kier alpha value is -2.74. The Morgan fingerprint density at radius 3 is 2.39 bits per heavy atom. The van der Waals surface area contributed by atoms with E-state index in [1.165, 1.54) is 18.2 Å². The molecule has 0 aliphatic heterocycles. The highest BCUT2D eigenvalue weighted by Crippen LogP contribution is 2.26. The first-order valence-electron chi connectivity index (χ1n) is 9.32. The largest absolute Gasteiger partial charge is 0.494 e. The fourth-order valence-corrected chi connectivity index (χ4v) is 4.22. The van der Waals surface area contributed by atoms with Crippen molar-refractivity contribution in [3.05, 3.63) is 81.8 Å². The van der Waals surface area contributed by atoms with Crippen LogP contribution in [0.1, 0.15) is 22.8 Å². The van der Waals surface area contributed by atoms with Gasteiger partial charge < -0.3 is 10.1 Å². The molecular formula is C22H20Cl2N2O4S. The second kappa shape index (κ2) is 9.60.